The summed E-state index contributed by atoms with van der Waals surface area (Å²) < 4.78 is 34.8. The van der Waals surface area contributed by atoms with Crippen LogP contribution in [0.3, 0.4) is 0 Å². The van der Waals surface area contributed by atoms with Crippen LogP contribution in [0.25, 0.3) is 0 Å². The van der Waals surface area contributed by atoms with Crippen molar-refractivity contribution in [3.8, 4) is 0 Å². The summed E-state index contributed by atoms with van der Waals surface area (Å²) >= 11 is 0. The molecule has 0 fully saturated rings. The molecule has 1 atom stereocenters. The van der Waals surface area contributed by atoms with Gasteiger partial charge in [0.15, 0.2) is 0 Å². The van der Waals surface area contributed by atoms with Gasteiger partial charge in [-0.3, -0.25) is 12.4 Å². The van der Waals surface area contributed by atoms with Gasteiger partial charge in [0.05, 0.1) is 0 Å². The van der Waals surface area contributed by atoms with E-state index in [1.165, 1.54) is 6.26 Å². The highest BCUT2D eigenvalue weighted by molar-refractivity contribution is 7.84. The van der Waals surface area contributed by atoms with E-state index in [2.05, 4.69) is 0 Å². The van der Waals surface area contributed by atoms with Crippen molar-refractivity contribution in [3.63, 3.8) is 0 Å². The van der Waals surface area contributed by atoms with Gasteiger partial charge in [0.25, 0.3) is 0 Å². The second-order valence-electron chi connectivity index (χ2n) is 2.45. The molecule has 0 aromatic rings. The van der Waals surface area contributed by atoms with Gasteiger partial charge >= 0.3 is 8.74 Å². The molecular formula is C5H12F2OSSi. The lowest BCUT2D eigenvalue weighted by atomic mass is 10.6. The smallest absolute Gasteiger partial charge is 0.271 e. The summed E-state index contributed by atoms with van der Waals surface area (Å²) in [6.07, 6.45) is 1.94. The maximum atomic E-state index is 12.2. The van der Waals surface area contributed by atoms with Gasteiger partial charge in [-0.2, -0.15) is 0 Å². The Kier molecular flexibility index (Phi) is 4.27. The number of rotatable bonds is 4. The van der Waals surface area contributed by atoms with Gasteiger partial charge in [-0.1, -0.05) is 0 Å². The highest BCUT2D eigenvalue weighted by Gasteiger charge is 2.26. The van der Waals surface area contributed by atoms with Crippen molar-refractivity contribution in [2.45, 2.75) is 19.0 Å². The van der Waals surface area contributed by atoms with E-state index in [0.717, 1.165) is 6.55 Å². The minimum absolute atomic E-state index is 0.0212. The zero-order chi connectivity index (χ0) is 8.20. The van der Waals surface area contributed by atoms with Gasteiger partial charge in [-0.25, -0.2) is 0 Å². The van der Waals surface area contributed by atoms with Crippen molar-refractivity contribution >= 4 is 19.5 Å². The van der Waals surface area contributed by atoms with E-state index in [4.69, 9.17) is 0 Å². The van der Waals surface area contributed by atoms with Crippen molar-refractivity contribution in [1.82, 2.24) is 0 Å². The molecule has 0 saturated carbocycles. The number of halogens is 2. The average Bonchev–Trinajstić information content (AvgIpc) is 1.59. The van der Waals surface area contributed by atoms with Crippen LogP contribution >= 0.6 is 0 Å². The fraction of sp³-hybridized carbons (Fsp3) is 1.00. The molecule has 0 aromatic heterocycles. The molecule has 1 unspecified atom stereocenters. The zero-order valence-electron chi connectivity index (χ0n) is 6.19. The molecule has 0 rings (SSSR count). The van der Waals surface area contributed by atoms with Crippen LogP contribution in [0.2, 0.25) is 12.6 Å². The SMILES string of the molecule is CS(=O)CCC[Si](C)(F)F. The standard InChI is InChI=1S/C5H12F2OSSi/c1-9(8)4-3-5-10(2,6)7/h3-5H2,1-2H3. The number of hydrogen-bond acceptors (Lipinski definition) is 1. The van der Waals surface area contributed by atoms with Crippen molar-refractivity contribution in [2.24, 2.45) is 0 Å². The van der Waals surface area contributed by atoms with E-state index >= 15 is 0 Å². The Morgan fingerprint density at radius 1 is 1.50 bits per heavy atom. The Morgan fingerprint density at radius 3 is 2.30 bits per heavy atom. The van der Waals surface area contributed by atoms with Gasteiger partial charge in [0, 0.05) is 22.8 Å². The molecule has 0 aromatic carbocycles. The maximum Gasteiger partial charge on any atom is 0.422 e. The van der Waals surface area contributed by atoms with Crippen LogP contribution in [-0.4, -0.2) is 25.0 Å². The van der Waals surface area contributed by atoms with Gasteiger partial charge in [-0.05, 0) is 19.0 Å². The molecular weight excluding hydrogens is 174 g/mol. The first-order valence-electron chi connectivity index (χ1n) is 3.10. The lowest BCUT2D eigenvalue weighted by Gasteiger charge is -2.03. The second-order valence-corrected chi connectivity index (χ2v) is 6.65. The molecule has 0 aliphatic heterocycles. The average molecular weight is 186 g/mol. The third kappa shape index (κ3) is 8.23. The molecule has 0 N–H and O–H groups in total. The van der Waals surface area contributed by atoms with E-state index in [9.17, 15) is 12.4 Å². The van der Waals surface area contributed by atoms with Crippen LogP contribution < -0.4 is 0 Å². The van der Waals surface area contributed by atoms with Crippen molar-refractivity contribution in [1.29, 1.82) is 0 Å². The molecule has 0 amide bonds. The van der Waals surface area contributed by atoms with Gasteiger partial charge in [0.2, 0.25) is 0 Å². The number of hydrogen-bond donors (Lipinski definition) is 0. The first-order chi connectivity index (χ1) is 4.42. The predicted molar refractivity (Wildman–Crippen MR) is 42.2 cm³/mol. The molecule has 0 saturated heterocycles. The molecule has 10 heavy (non-hydrogen) atoms. The molecule has 0 spiro atoms. The van der Waals surface area contributed by atoms with Crippen LogP contribution in [0.15, 0.2) is 0 Å². The first-order valence-corrected chi connectivity index (χ1v) is 7.29. The van der Waals surface area contributed by atoms with Gasteiger partial charge in [0.1, 0.15) is 0 Å². The van der Waals surface area contributed by atoms with Crippen molar-refractivity contribution in [3.05, 3.63) is 0 Å². The summed E-state index contributed by atoms with van der Waals surface area (Å²) in [6, 6.07) is -0.0212. The lowest BCUT2D eigenvalue weighted by Crippen LogP contribution is -2.16. The third-order valence-corrected chi connectivity index (χ3v) is 3.14. The van der Waals surface area contributed by atoms with E-state index in [-0.39, 0.29) is 6.04 Å². The Morgan fingerprint density at radius 2 is 2.00 bits per heavy atom. The van der Waals surface area contributed by atoms with Crippen LogP contribution in [0, 0.1) is 0 Å². The highest BCUT2D eigenvalue weighted by atomic mass is 32.2. The third-order valence-electron chi connectivity index (χ3n) is 1.05. The normalized spacial score (nSPS) is 15.2. The summed E-state index contributed by atoms with van der Waals surface area (Å²) in [6.45, 7) is 1.02. The Bertz CT molecular complexity index is 123. The van der Waals surface area contributed by atoms with Crippen LogP contribution in [0.1, 0.15) is 6.42 Å². The molecule has 0 aliphatic carbocycles. The maximum absolute atomic E-state index is 12.2. The van der Waals surface area contributed by atoms with E-state index in [0.29, 0.717) is 12.2 Å². The van der Waals surface area contributed by atoms with Gasteiger partial charge < -0.3 is 0 Å². The highest BCUT2D eigenvalue weighted by Crippen LogP contribution is 2.14. The summed E-state index contributed by atoms with van der Waals surface area (Å²) in [4.78, 5) is 0. The Labute approximate surface area is 63.6 Å². The van der Waals surface area contributed by atoms with Crippen LogP contribution in [0.5, 0.6) is 0 Å². The fourth-order valence-corrected chi connectivity index (χ4v) is 2.19. The Balaban J connectivity index is 3.29. The lowest BCUT2D eigenvalue weighted by molar-refractivity contribution is 0.602. The zero-order valence-corrected chi connectivity index (χ0v) is 8.01. The van der Waals surface area contributed by atoms with Crippen molar-refractivity contribution < 1.29 is 12.4 Å². The second kappa shape index (κ2) is 4.18. The monoisotopic (exact) mass is 186 g/mol. The van der Waals surface area contributed by atoms with Crippen molar-refractivity contribution in [2.75, 3.05) is 12.0 Å². The summed E-state index contributed by atoms with van der Waals surface area (Å²) in [5.74, 6) is 0.413. The summed E-state index contributed by atoms with van der Waals surface area (Å²) in [5.41, 5.74) is 0. The topological polar surface area (TPSA) is 17.1 Å². The largest absolute Gasteiger partial charge is 0.422 e. The van der Waals surface area contributed by atoms with Crippen LogP contribution in [0.4, 0.5) is 8.22 Å². The summed E-state index contributed by atoms with van der Waals surface area (Å²) in [7, 11) is -4.77. The first kappa shape index (κ1) is 10.2. The molecule has 0 bridgehead atoms. The van der Waals surface area contributed by atoms with Crippen LogP contribution in [-0.2, 0) is 10.8 Å². The minimum atomic E-state index is -3.86. The Hall–Kier alpha value is 0.227. The quantitative estimate of drug-likeness (QED) is 0.483. The predicted octanol–water partition coefficient (Wildman–Crippen LogP) is 1.77. The van der Waals surface area contributed by atoms with Gasteiger partial charge in [-0.15, -0.1) is 0 Å². The molecule has 0 heterocycles. The molecule has 5 heteroatoms. The van der Waals surface area contributed by atoms with E-state index < -0.39 is 19.5 Å². The summed E-state index contributed by atoms with van der Waals surface area (Å²) in [5, 5.41) is 0. The van der Waals surface area contributed by atoms with E-state index in [1.807, 2.05) is 0 Å². The molecule has 0 aliphatic rings. The molecule has 62 valence electrons. The molecule has 1 nitrogen and oxygen atoms in total. The van der Waals surface area contributed by atoms with E-state index in [1.54, 1.807) is 0 Å². The minimum Gasteiger partial charge on any atom is -0.271 e. The fourth-order valence-electron chi connectivity index (χ4n) is 0.586. The molecule has 0 radical (unpaired) electrons.